The van der Waals surface area contributed by atoms with Gasteiger partial charge < -0.3 is 19.5 Å². The van der Waals surface area contributed by atoms with Crippen LogP contribution in [0.1, 0.15) is 29.8 Å². The lowest BCUT2D eigenvalue weighted by Gasteiger charge is -2.37. The lowest BCUT2D eigenvalue weighted by Crippen LogP contribution is -2.49. The molecule has 0 saturated carbocycles. The van der Waals surface area contributed by atoms with Crippen molar-refractivity contribution < 1.29 is 19.4 Å². The number of carbonyl (C=O) groups excluding carboxylic acids is 1. The van der Waals surface area contributed by atoms with Gasteiger partial charge in [-0.1, -0.05) is 19.1 Å². The predicted molar refractivity (Wildman–Crippen MR) is 138 cm³/mol. The molecule has 0 bridgehead atoms. The highest BCUT2D eigenvalue weighted by molar-refractivity contribution is 5.98. The van der Waals surface area contributed by atoms with Gasteiger partial charge in [0.2, 0.25) is 5.88 Å². The molecular weight excluding hydrogens is 456 g/mol. The van der Waals surface area contributed by atoms with Crippen LogP contribution >= 0.6 is 0 Å². The van der Waals surface area contributed by atoms with E-state index in [1.807, 2.05) is 49.4 Å². The number of aliphatic hydroxyl groups excluding tert-OH is 1. The topological polar surface area (TPSA) is 88.0 Å². The lowest BCUT2D eigenvalue weighted by molar-refractivity contribution is 0.0325. The van der Waals surface area contributed by atoms with Gasteiger partial charge in [-0.15, -0.1) is 0 Å². The van der Waals surface area contributed by atoms with Crippen molar-refractivity contribution in [2.45, 2.75) is 32.5 Å². The van der Waals surface area contributed by atoms with E-state index in [2.05, 4.69) is 28.8 Å². The molecule has 0 aliphatic carbocycles. The number of hydrogen-bond acceptors (Lipinski definition) is 7. The Balaban J connectivity index is 1.66. The predicted octanol–water partition coefficient (Wildman–Crippen LogP) is 3.50. The van der Waals surface area contributed by atoms with E-state index in [1.165, 1.54) is 0 Å². The van der Waals surface area contributed by atoms with E-state index in [-0.39, 0.29) is 30.6 Å². The summed E-state index contributed by atoms with van der Waals surface area (Å²) in [6.45, 7) is 5.68. The van der Waals surface area contributed by atoms with Crippen LogP contribution in [-0.4, -0.2) is 76.8 Å². The molecule has 0 radical (unpaired) electrons. The minimum atomic E-state index is -0.332. The molecule has 0 spiro atoms. The van der Waals surface area contributed by atoms with Crippen LogP contribution in [0.4, 0.5) is 0 Å². The molecule has 0 saturated heterocycles. The molecule has 8 heteroatoms. The number of methoxy groups -OCH3 is 1. The number of amides is 1. The van der Waals surface area contributed by atoms with Gasteiger partial charge in [-0.2, -0.15) is 0 Å². The highest BCUT2D eigenvalue weighted by atomic mass is 16.5. The molecule has 8 nitrogen and oxygen atoms in total. The van der Waals surface area contributed by atoms with Crippen LogP contribution in [0, 0.1) is 5.92 Å². The van der Waals surface area contributed by atoms with Gasteiger partial charge in [0, 0.05) is 49.7 Å². The maximum Gasteiger partial charge on any atom is 0.259 e. The van der Waals surface area contributed by atoms with Crippen LogP contribution in [0.15, 0.2) is 61.1 Å². The number of aromatic nitrogens is 2. The number of ether oxygens (including phenoxy) is 2. The van der Waals surface area contributed by atoms with E-state index in [0.717, 1.165) is 29.0 Å². The van der Waals surface area contributed by atoms with Crippen LogP contribution in [-0.2, 0) is 6.54 Å². The Kier molecular flexibility index (Phi) is 8.18. The van der Waals surface area contributed by atoms with Gasteiger partial charge in [-0.3, -0.25) is 14.7 Å². The first kappa shape index (κ1) is 25.6. The van der Waals surface area contributed by atoms with E-state index in [4.69, 9.17) is 9.47 Å². The summed E-state index contributed by atoms with van der Waals surface area (Å²) in [5.74, 6) is 0.870. The van der Waals surface area contributed by atoms with E-state index in [9.17, 15) is 9.90 Å². The first-order valence-corrected chi connectivity index (χ1v) is 12.2. The third-order valence-corrected chi connectivity index (χ3v) is 6.62. The largest absolute Gasteiger partial charge is 0.497 e. The van der Waals surface area contributed by atoms with Crippen molar-refractivity contribution in [3.8, 4) is 22.8 Å². The Morgan fingerprint density at radius 3 is 2.72 bits per heavy atom. The number of benzene rings is 1. The van der Waals surface area contributed by atoms with Gasteiger partial charge in [0.25, 0.3) is 5.91 Å². The van der Waals surface area contributed by atoms with Crippen LogP contribution in [0.3, 0.4) is 0 Å². The van der Waals surface area contributed by atoms with E-state index in [0.29, 0.717) is 24.5 Å². The minimum absolute atomic E-state index is 0.0239. The molecule has 190 valence electrons. The summed E-state index contributed by atoms with van der Waals surface area (Å²) in [4.78, 5) is 26.3. The molecule has 1 amide bonds. The third-order valence-electron chi connectivity index (χ3n) is 6.62. The first-order valence-electron chi connectivity index (χ1n) is 12.2. The minimum Gasteiger partial charge on any atom is -0.497 e. The number of rotatable bonds is 8. The zero-order chi connectivity index (χ0) is 25.7. The molecule has 1 aliphatic rings. The summed E-state index contributed by atoms with van der Waals surface area (Å²) in [6, 6.07) is 13.1. The summed E-state index contributed by atoms with van der Waals surface area (Å²) >= 11 is 0. The second kappa shape index (κ2) is 11.5. The average Bonchev–Trinajstić information content (AvgIpc) is 2.90. The van der Waals surface area contributed by atoms with Crippen LogP contribution in [0.25, 0.3) is 11.1 Å². The van der Waals surface area contributed by atoms with Crippen molar-refractivity contribution in [1.82, 2.24) is 19.8 Å². The molecule has 1 aromatic carbocycles. The van der Waals surface area contributed by atoms with Gasteiger partial charge in [-0.05, 0) is 55.4 Å². The second-order valence-corrected chi connectivity index (χ2v) is 9.48. The Morgan fingerprint density at radius 2 is 2.00 bits per heavy atom. The fraction of sp³-hybridized carbons (Fsp3) is 0.393. The number of fused-ring (bicyclic) bond motifs is 1. The van der Waals surface area contributed by atoms with Crippen LogP contribution < -0.4 is 9.47 Å². The number of carbonyl (C=O) groups is 1. The monoisotopic (exact) mass is 490 g/mol. The van der Waals surface area contributed by atoms with Crippen molar-refractivity contribution in [1.29, 1.82) is 0 Å². The number of hydrogen-bond donors (Lipinski definition) is 1. The van der Waals surface area contributed by atoms with E-state index >= 15 is 0 Å². The maximum atomic E-state index is 13.7. The van der Waals surface area contributed by atoms with Crippen molar-refractivity contribution in [3.05, 3.63) is 72.2 Å². The Hall–Kier alpha value is -3.49. The van der Waals surface area contributed by atoms with Crippen LogP contribution in [0.5, 0.6) is 11.6 Å². The summed E-state index contributed by atoms with van der Waals surface area (Å²) in [5.41, 5.74) is 3.24. The fourth-order valence-corrected chi connectivity index (χ4v) is 4.45. The molecule has 0 unspecified atom stereocenters. The molecule has 1 N–H and O–H groups in total. The first-order chi connectivity index (χ1) is 17.4. The van der Waals surface area contributed by atoms with Gasteiger partial charge in [0.15, 0.2) is 0 Å². The van der Waals surface area contributed by atoms with E-state index < -0.39 is 0 Å². The molecule has 3 aromatic rings. The molecule has 0 fully saturated rings. The van der Waals surface area contributed by atoms with E-state index in [1.54, 1.807) is 30.6 Å². The molecule has 3 atom stereocenters. The second-order valence-electron chi connectivity index (χ2n) is 9.48. The van der Waals surface area contributed by atoms with Crippen molar-refractivity contribution in [2.75, 3.05) is 33.9 Å². The van der Waals surface area contributed by atoms with Gasteiger partial charge >= 0.3 is 0 Å². The summed E-state index contributed by atoms with van der Waals surface area (Å²) < 4.78 is 11.8. The Labute approximate surface area is 212 Å². The summed E-state index contributed by atoms with van der Waals surface area (Å²) in [6.07, 6.45) is 5.10. The average molecular weight is 491 g/mol. The SMILES string of the molecule is COc1cccc(-c2cnc3c(c2)C(=O)N([C@H](C)CO)C[C@@H](C)[C@H](CN(C)Cc2ccncc2)O3)c1. The number of pyridine rings is 2. The normalized spacial score (nSPS) is 18.7. The number of aliphatic hydroxyl groups is 1. The van der Waals surface area contributed by atoms with Crippen molar-refractivity contribution >= 4 is 5.91 Å². The standard InChI is InChI=1S/C28H34N4O4/c1-19-15-32(20(2)18-33)28(34)25-13-23(22-6-5-7-24(12-22)35-4)14-30-27(25)36-26(19)17-31(3)16-21-8-10-29-11-9-21/h5-14,19-20,26,33H,15-18H2,1-4H3/t19-,20-,26+/m1/s1. The van der Waals surface area contributed by atoms with Gasteiger partial charge in [0.05, 0.1) is 19.8 Å². The highest BCUT2D eigenvalue weighted by Gasteiger charge is 2.34. The highest BCUT2D eigenvalue weighted by Crippen LogP contribution is 2.31. The maximum absolute atomic E-state index is 13.7. The molecule has 4 rings (SSSR count). The quantitative estimate of drug-likeness (QED) is 0.517. The summed E-state index contributed by atoms with van der Waals surface area (Å²) in [7, 11) is 3.67. The number of nitrogens with zero attached hydrogens (tertiary/aromatic N) is 4. The zero-order valence-electron chi connectivity index (χ0n) is 21.3. The molecule has 3 heterocycles. The van der Waals surface area contributed by atoms with Crippen LogP contribution in [0.2, 0.25) is 0 Å². The molecular formula is C28H34N4O4. The number of likely N-dealkylation sites (N-methyl/N-ethyl adjacent to an activating group) is 1. The zero-order valence-corrected chi connectivity index (χ0v) is 21.3. The third kappa shape index (κ3) is 5.83. The molecule has 36 heavy (non-hydrogen) atoms. The fourth-order valence-electron chi connectivity index (χ4n) is 4.45. The smallest absolute Gasteiger partial charge is 0.259 e. The molecule has 2 aromatic heterocycles. The Morgan fingerprint density at radius 1 is 1.22 bits per heavy atom. The molecule has 1 aliphatic heterocycles. The Bertz CT molecular complexity index is 1170. The van der Waals surface area contributed by atoms with Crippen molar-refractivity contribution in [3.63, 3.8) is 0 Å². The lowest BCUT2D eigenvalue weighted by atomic mass is 9.99. The van der Waals surface area contributed by atoms with Crippen molar-refractivity contribution in [2.24, 2.45) is 5.92 Å². The summed E-state index contributed by atoms with van der Waals surface area (Å²) in [5, 5.41) is 9.90. The van der Waals surface area contributed by atoms with Gasteiger partial charge in [-0.25, -0.2) is 4.98 Å². The van der Waals surface area contributed by atoms with Gasteiger partial charge in [0.1, 0.15) is 17.4 Å².